The molecular weight excluding hydrogens is 693 g/mol. The van der Waals surface area contributed by atoms with Crippen molar-refractivity contribution < 1.29 is 22.7 Å². The first-order valence-electron chi connectivity index (χ1n) is 15.3. The number of halogens is 3. The molecule has 1 N–H and O–H groups in total. The Hall–Kier alpha value is -3.76. The lowest BCUT2D eigenvalue weighted by Crippen LogP contribution is -2.54. The normalized spacial score (nSPS) is 12.6. The van der Waals surface area contributed by atoms with Gasteiger partial charge in [0.25, 0.3) is 10.0 Å². The maximum Gasteiger partial charge on any atom is 0.264 e. The molecule has 0 saturated heterocycles. The zero-order valence-corrected chi connectivity index (χ0v) is 30.2. The van der Waals surface area contributed by atoms with E-state index in [0.29, 0.717) is 22.8 Å². The van der Waals surface area contributed by atoms with E-state index in [2.05, 4.69) is 5.32 Å². The van der Waals surface area contributed by atoms with Crippen molar-refractivity contribution in [2.45, 2.75) is 57.1 Å². The minimum absolute atomic E-state index is 0.0146. The van der Waals surface area contributed by atoms with E-state index < -0.39 is 28.5 Å². The molecule has 12 heteroatoms. The predicted octanol–water partition coefficient (Wildman–Crippen LogP) is 7.71. The highest BCUT2D eigenvalue weighted by Gasteiger charge is 2.35. The van der Waals surface area contributed by atoms with Crippen LogP contribution in [0.2, 0.25) is 15.1 Å². The molecule has 0 aliphatic rings. The Labute approximate surface area is 297 Å². The highest BCUT2D eigenvalue weighted by Crippen LogP contribution is 2.33. The molecule has 4 rings (SSSR count). The van der Waals surface area contributed by atoms with Crippen LogP contribution in [0.4, 0.5) is 5.69 Å². The fourth-order valence-corrected chi connectivity index (χ4v) is 6.99. The molecule has 0 saturated carbocycles. The third-order valence-corrected chi connectivity index (χ3v) is 10.7. The van der Waals surface area contributed by atoms with E-state index in [-0.39, 0.29) is 45.5 Å². The van der Waals surface area contributed by atoms with E-state index >= 15 is 0 Å². The summed E-state index contributed by atoms with van der Waals surface area (Å²) in [5, 5.41) is 3.79. The number of aryl methyl sites for hydroxylation is 1. The lowest BCUT2D eigenvalue weighted by atomic mass is 10.0. The Bertz CT molecular complexity index is 1840. The van der Waals surface area contributed by atoms with Gasteiger partial charge in [0.15, 0.2) is 0 Å². The fraction of sp³-hybridized carbons (Fsp3) is 0.278. The second-order valence-electron chi connectivity index (χ2n) is 11.4. The Morgan fingerprint density at radius 3 is 2.15 bits per heavy atom. The van der Waals surface area contributed by atoms with Gasteiger partial charge in [-0.25, -0.2) is 8.42 Å². The van der Waals surface area contributed by atoms with Crippen molar-refractivity contribution in [2.24, 2.45) is 0 Å². The highest BCUT2D eigenvalue weighted by atomic mass is 35.5. The molecule has 0 heterocycles. The number of carbonyl (C=O) groups is 2. The summed E-state index contributed by atoms with van der Waals surface area (Å²) in [6.45, 7) is 4.99. The number of nitrogens with zero attached hydrogens (tertiary/aromatic N) is 2. The first kappa shape index (κ1) is 37.1. The van der Waals surface area contributed by atoms with Crippen molar-refractivity contribution in [3.05, 3.63) is 123 Å². The molecule has 0 aliphatic carbocycles. The van der Waals surface area contributed by atoms with Crippen molar-refractivity contribution in [2.75, 3.05) is 18.0 Å². The highest BCUT2D eigenvalue weighted by molar-refractivity contribution is 7.92. The van der Waals surface area contributed by atoms with Gasteiger partial charge in [0, 0.05) is 19.0 Å². The number of amides is 2. The van der Waals surface area contributed by atoms with Gasteiger partial charge in [-0.1, -0.05) is 95.8 Å². The van der Waals surface area contributed by atoms with Crippen LogP contribution in [-0.2, 0) is 32.6 Å². The number of hydrogen-bond acceptors (Lipinski definition) is 5. The Morgan fingerprint density at radius 2 is 1.54 bits per heavy atom. The van der Waals surface area contributed by atoms with Crippen LogP contribution in [0.15, 0.2) is 95.9 Å². The second kappa shape index (κ2) is 16.6. The fourth-order valence-electron chi connectivity index (χ4n) is 5.01. The number of sulfonamides is 1. The summed E-state index contributed by atoms with van der Waals surface area (Å²) in [7, 11) is -2.85. The summed E-state index contributed by atoms with van der Waals surface area (Å²) >= 11 is 19.0. The van der Waals surface area contributed by atoms with Crippen LogP contribution in [0.25, 0.3) is 0 Å². The van der Waals surface area contributed by atoms with Crippen molar-refractivity contribution in [3.8, 4) is 5.75 Å². The van der Waals surface area contributed by atoms with E-state index in [0.717, 1.165) is 15.4 Å². The van der Waals surface area contributed by atoms with Crippen molar-refractivity contribution >= 4 is 62.3 Å². The van der Waals surface area contributed by atoms with Crippen LogP contribution in [0, 0.1) is 6.92 Å². The van der Waals surface area contributed by atoms with Crippen molar-refractivity contribution in [3.63, 3.8) is 0 Å². The summed E-state index contributed by atoms with van der Waals surface area (Å²) < 4.78 is 34.8. The number of anilines is 1. The number of ether oxygens (including phenoxy) is 1. The molecular formula is C36H38Cl3N3O5S. The van der Waals surface area contributed by atoms with Crippen LogP contribution in [0.1, 0.15) is 37.0 Å². The number of nitrogens with one attached hydrogen (secondary N) is 1. The average molecular weight is 731 g/mol. The number of benzene rings is 4. The second-order valence-corrected chi connectivity index (χ2v) is 14.5. The molecule has 2 atom stereocenters. The van der Waals surface area contributed by atoms with Gasteiger partial charge >= 0.3 is 0 Å². The molecule has 2 amide bonds. The van der Waals surface area contributed by atoms with E-state index in [4.69, 9.17) is 39.5 Å². The van der Waals surface area contributed by atoms with Crippen molar-refractivity contribution in [1.82, 2.24) is 10.2 Å². The number of hydrogen-bond donors (Lipinski definition) is 1. The zero-order valence-electron chi connectivity index (χ0n) is 27.1. The van der Waals surface area contributed by atoms with Crippen LogP contribution in [0.5, 0.6) is 5.75 Å². The molecule has 0 spiro atoms. The smallest absolute Gasteiger partial charge is 0.264 e. The molecule has 254 valence electrons. The van der Waals surface area contributed by atoms with Gasteiger partial charge in [0.1, 0.15) is 18.3 Å². The van der Waals surface area contributed by atoms with E-state index in [1.165, 1.54) is 42.3 Å². The Kier molecular flexibility index (Phi) is 12.8. The average Bonchev–Trinajstić information content (AvgIpc) is 3.07. The molecule has 0 radical (unpaired) electrons. The van der Waals surface area contributed by atoms with Crippen LogP contribution in [-0.4, -0.2) is 50.9 Å². The number of methoxy groups -OCH3 is 1. The van der Waals surface area contributed by atoms with Gasteiger partial charge in [-0.3, -0.25) is 13.9 Å². The Balaban J connectivity index is 1.85. The monoisotopic (exact) mass is 729 g/mol. The van der Waals surface area contributed by atoms with Crippen LogP contribution >= 0.6 is 34.8 Å². The molecule has 0 aromatic heterocycles. The van der Waals surface area contributed by atoms with E-state index in [9.17, 15) is 18.0 Å². The van der Waals surface area contributed by atoms with Gasteiger partial charge < -0.3 is 15.0 Å². The minimum atomic E-state index is -4.30. The third-order valence-electron chi connectivity index (χ3n) is 7.92. The minimum Gasteiger partial charge on any atom is -0.495 e. The SMILES string of the molecule is CCC(C)NC(=O)C(Cc1ccccc1)N(Cc1ccc(Cl)c(Cl)c1)C(=O)CN(c1ccc(OC)c(Cl)c1)S(=O)(=O)c1ccc(C)cc1. The largest absolute Gasteiger partial charge is 0.495 e. The van der Waals surface area contributed by atoms with Gasteiger partial charge in [-0.05, 0) is 73.9 Å². The molecule has 0 bridgehead atoms. The standard InChI is InChI=1S/C36H38Cl3N3O5S/c1-5-25(3)40-36(44)33(20-26-9-7-6-8-10-26)41(22-27-13-17-30(37)31(38)19-27)35(43)23-42(28-14-18-34(47-4)32(39)21-28)48(45,46)29-15-11-24(2)12-16-29/h6-19,21,25,33H,5,20,22-23H2,1-4H3,(H,40,44). The van der Waals surface area contributed by atoms with Gasteiger partial charge in [-0.2, -0.15) is 0 Å². The topological polar surface area (TPSA) is 96.0 Å². The third kappa shape index (κ3) is 9.23. The molecule has 0 fully saturated rings. The molecule has 4 aromatic carbocycles. The summed E-state index contributed by atoms with van der Waals surface area (Å²) in [4.78, 5) is 30.0. The van der Waals surface area contributed by atoms with Gasteiger partial charge in [0.2, 0.25) is 11.8 Å². The van der Waals surface area contributed by atoms with Crippen molar-refractivity contribution in [1.29, 1.82) is 0 Å². The molecule has 48 heavy (non-hydrogen) atoms. The van der Waals surface area contributed by atoms with E-state index in [1.807, 2.05) is 51.1 Å². The van der Waals surface area contributed by atoms with Gasteiger partial charge in [-0.15, -0.1) is 0 Å². The van der Waals surface area contributed by atoms with E-state index in [1.54, 1.807) is 30.3 Å². The summed E-state index contributed by atoms with van der Waals surface area (Å²) in [5.41, 5.74) is 2.44. The maximum absolute atomic E-state index is 14.6. The zero-order chi connectivity index (χ0) is 35.0. The Morgan fingerprint density at radius 1 is 0.854 bits per heavy atom. The lowest BCUT2D eigenvalue weighted by molar-refractivity contribution is -0.140. The maximum atomic E-state index is 14.6. The molecule has 4 aromatic rings. The first-order chi connectivity index (χ1) is 22.8. The van der Waals surface area contributed by atoms with Crippen LogP contribution < -0.4 is 14.4 Å². The van der Waals surface area contributed by atoms with Gasteiger partial charge in [0.05, 0.1) is 32.8 Å². The molecule has 8 nitrogen and oxygen atoms in total. The lowest BCUT2D eigenvalue weighted by Gasteiger charge is -2.34. The summed E-state index contributed by atoms with van der Waals surface area (Å²) in [6.07, 6.45) is 0.848. The summed E-state index contributed by atoms with van der Waals surface area (Å²) in [5.74, 6) is -0.656. The first-order valence-corrected chi connectivity index (χ1v) is 17.9. The number of rotatable bonds is 14. The number of carbonyl (C=O) groups excluding carboxylic acids is 2. The van der Waals surface area contributed by atoms with Crippen LogP contribution in [0.3, 0.4) is 0 Å². The quantitative estimate of drug-likeness (QED) is 0.143. The molecule has 2 unspecified atom stereocenters. The molecule has 0 aliphatic heterocycles. The predicted molar refractivity (Wildman–Crippen MR) is 193 cm³/mol. The summed E-state index contributed by atoms with van der Waals surface area (Å²) in [6, 6.07) is 23.9.